The van der Waals surface area contributed by atoms with Crippen molar-refractivity contribution in [3.63, 3.8) is 0 Å². The third-order valence-electron chi connectivity index (χ3n) is 7.05. The molecule has 2 aromatic carbocycles. The third-order valence-corrected chi connectivity index (χ3v) is 7.05. The van der Waals surface area contributed by atoms with Crippen molar-refractivity contribution in [2.45, 2.75) is 31.5 Å². The molecule has 0 spiro atoms. The number of hydrogen-bond acceptors (Lipinski definition) is 9. The molecule has 0 bridgehead atoms. The number of anilines is 1. The number of aromatic nitrogens is 4. The van der Waals surface area contributed by atoms with E-state index < -0.39 is 0 Å². The molecule has 0 aliphatic carbocycles. The first kappa shape index (κ1) is 27.0. The smallest absolute Gasteiger partial charge is 0.173 e. The summed E-state index contributed by atoms with van der Waals surface area (Å²) < 4.78 is 24.5. The largest absolute Gasteiger partial charge is 1.00 e. The minimum atomic E-state index is -0.190. The third kappa shape index (κ3) is 5.92. The van der Waals surface area contributed by atoms with Gasteiger partial charge in [-0.25, -0.2) is 4.68 Å². The van der Waals surface area contributed by atoms with Crippen LogP contribution in [-0.2, 0) is 11.3 Å². The van der Waals surface area contributed by atoms with Gasteiger partial charge in [0.05, 0.1) is 34.0 Å². The summed E-state index contributed by atoms with van der Waals surface area (Å²) >= 11 is 0. The molecule has 10 nitrogen and oxygen atoms in total. The van der Waals surface area contributed by atoms with Crippen molar-refractivity contribution in [2.24, 2.45) is 0 Å². The first-order valence-corrected chi connectivity index (χ1v) is 12.4. The summed E-state index contributed by atoms with van der Waals surface area (Å²) in [7, 11) is 5.06. The van der Waals surface area contributed by atoms with Crippen molar-refractivity contribution >= 4 is 5.69 Å². The summed E-state index contributed by atoms with van der Waals surface area (Å²) in [6.45, 7) is 4.86. The van der Waals surface area contributed by atoms with Gasteiger partial charge in [0.15, 0.2) is 5.82 Å². The molecule has 0 amide bonds. The number of nitrogens with zero attached hydrogens (tertiary/aromatic N) is 6. The molecule has 11 heteroatoms. The second-order valence-electron chi connectivity index (χ2n) is 9.09. The Bertz CT molecular complexity index is 1130. The van der Waals surface area contributed by atoms with Gasteiger partial charge in [-0.3, -0.25) is 4.90 Å². The van der Waals surface area contributed by atoms with E-state index in [1.54, 1.807) is 21.3 Å². The summed E-state index contributed by atoms with van der Waals surface area (Å²) in [6, 6.07) is 13.9. The average Bonchev–Trinajstić information content (AvgIpc) is 3.62. The highest BCUT2D eigenvalue weighted by Gasteiger charge is 2.34. The van der Waals surface area contributed by atoms with Crippen molar-refractivity contribution in [1.82, 2.24) is 25.1 Å². The molecule has 2 unspecified atom stereocenters. The zero-order valence-electron chi connectivity index (χ0n) is 21.5. The standard InChI is InChI=1S/C26H34N6O4.ClH/c1-33-20-8-6-19(7-9-20)30-12-14-31(15-13-30)25(23-17-21(34-2)10-11-24(23)35-3)26-27-28-29-32(26)18-22-5-4-16-36-22;/h6-11,17,22,25H,4-5,12-16,18H2,1-3H3;1H/p-1. The van der Waals surface area contributed by atoms with Crippen molar-refractivity contribution in [2.75, 3.05) is 59.0 Å². The monoisotopic (exact) mass is 529 g/mol. The van der Waals surface area contributed by atoms with Crippen LogP contribution in [0, 0.1) is 0 Å². The SMILES string of the molecule is COc1ccc(N2CCN(C(c3cc(OC)ccc3OC)c3nnnn3CC3CCCO3)CC2)cc1.[Cl-]. The Morgan fingerprint density at radius 2 is 1.68 bits per heavy atom. The van der Waals surface area contributed by atoms with E-state index in [1.807, 2.05) is 35.0 Å². The molecular weight excluding hydrogens is 496 g/mol. The number of methoxy groups -OCH3 is 3. The maximum absolute atomic E-state index is 5.88. The van der Waals surface area contributed by atoms with Crippen LogP contribution in [0.4, 0.5) is 5.69 Å². The van der Waals surface area contributed by atoms with E-state index in [0.717, 1.165) is 74.3 Å². The fraction of sp³-hybridized carbons (Fsp3) is 0.500. The molecule has 0 N–H and O–H groups in total. The summed E-state index contributed by atoms with van der Waals surface area (Å²) in [5.74, 6) is 3.20. The Balaban J connectivity index is 0.00000320. The van der Waals surface area contributed by atoms with Crippen LogP contribution < -0.4 is 31.5 Å². The first-order chi connectivity index (χ1) is 17.7. The normalized spacial score (nSPS) is 18.8. The highest BCUT2D eigenvalue weighted by molar-refractivity contribution is 5.50. The summed E-state index contributed by atoms with van der Waals surface area (Å²) in [4.78, 5) is 4.82. The lowest BCUT2D eigenvalue weighted by molar-refractivity contribution is -0.0000100. The fourth-order valence-corrected chi connectivity index (χ4v) is 5.10. The summed E-state index contributed by atoms with van der Waals surface area (Å²) in [6.07, 6.45) is 2.22. The fourth-order valence-electron chi connectivity index (χ4n) is 5.10. The van der Waals surface area contributed by atoms with Gasteiger partial charge in [0.1, 0.15) is 23.3 Å². The number of ether oxygens (including phenoxy) is 4. The molecule has 3 aromatic rings. The van der Waals surface area contributed by atoms with Crippen LogP contribution in [0.2, 0.25) is 0 Å². The maximum atomic E-state index is 5.88. The lowest BCUT2D eigenvalue weighted by Gasteiger charge is -2.40. The van der Waals surface area contributed by atoms with Crippen LogP contribution in [0.3, 0.4) is 0 Å². The Hall–Kier alpha value is -3.08. The van der Waals surface area contributed by atoms with Gasteiger partial charge in [0.2, 0.25) is 0 Å². The van der Waals surface area contributed by atoms with E-state index in [-0.39, 0.29) is 24.6 Å². The number of halogens is 1. The Morgan fingerprint density at radius 3 is 2.32 bits per heavy atom. The van der Waals surface area contributed by atoms with Crippen LogP contribution in [0.25, 0.3) is 0 Å². The van der Waals surface area contributed by atoms with E-state index in [0.29, 0.717) is 6.54 Å². The summed E-state index contributed by atoms with van der Waals surface area (Å²) in [5, 5.41) is 12.9. The van der Waals surface area contributed by atoms with Crippen molar-refractivity contribution in [1.29, 1.82) is 0 Å². The molecule has 200 valence electrons. The van der Waals surface area contributed by atoms with Gasteiger partial charge in [-0.1, -0.05) is 0 Å². The zero-order valence-corrected chi connectivity index (χ0v) is 22.3. The van der Waals surface area contributed by atoms with Crippen LogP contribution in [0.15, 0.2) is 42.5 Å². The number of piperazine rings is 1. The van der Waals surface area contributed by atoms with Gasteiger partial charge in [-0.05, 0) is 65.7 Å². The van der Waals surface area contributed by atoms with Gasteiger partial charge in [0, 0.05) is 44.0 Å². The van der Waals surface area contributed by atoms with Gasteiger partial charge in [0.25, 0.3) is 0 Å². The predicted molar refractivity (Wildman–Crippen MR) is 135 cm³/mol. The molecule has 2 saturated heterocycles. The number of tetrazole rings is 1. The van der Waals surface area contributed by atoms with Gasteiger partial charge >= 0.3 is 0 Å². The van der Waals surface area contributed by atoms with E-state index in [1.165, 1.54) is 5.69 Å². The minimum absolute atomic E-state index is 0. The molecule has 0 saturated carbocycles. The highest BCUT2D eigenvalue weighted by Crippen LogP contribution is 2.37. The molecule has 2 fully saturated rings. The predicted octanol–water partition coefficient (Wildman–Crippen LogP) is -0.206. The van der Waals surface area contributed by atoms with E-state index in [2.05, 4.69) is 37.5 Å². The van der Waals surface area contributed by atoms with Crippen LogP contribution in [0.1, 0.15) is 30.3 Å². The van der Waals surface area contributed by atoms with Crippen molar-refractivity contribution in [3.8, 4) is 17.2 Å². The Morgan fingerprint density at radius 1 is 0.946 bits per heavy atom. The lowest BCUT2D eigenvalue weighted by atomic mass is 10.0. The zero-order chi connectivity index (χ0) is 24.9. The second-order valence-corrected chi connectivity index (χ2v) is 9.09. The summed E-state index contributed by atoms with van der Waals surface area (Å²) in [5.41, 5.74) is 2.17. The molecule has 2 aliphatic rings. The van der Waals surface area contributed by atoms with Gasteiger partial charge in [-0.2, -0.15) is 0 Å². The molecule has 3 heterocycles. The topological polar surface area (TPSA) is 87.0 Å². The lowest BCUT2D eigenvalue weighted by Crippen LogP contribution is -3.00. The van der Waals surface area contributed by atoms with Crippen LogP contribution in [-0.4, -0.2) is 85.3 Å². The quantitative estimate of drug-likeness (QED) is 0.374. The molecule has 5 rings (SSSR count). The van der Waals surface area contributed by atoms with E-state index in [9.17, 15) is 0 Å². The van der Waals surface area contributed by atoms with E-state index in [4.69, 9.17) is 18.9 Å². The van der Waals surface area contributed by atoms with Crippen LogP contribution >= 0.6 is 0 Å². The Labute approximate surface area is 223 Å². The first-order valence-electron chi connectivity index (χ1n) is 12.4. The molecule has 2 atom stereocenters. The van der Waals surface area contributed by atoms with E-state index >= 15 is 0 Å². The average molecular weight is 530 g/mol. The number of benzene rings is 2. The van der Waals surface area contributed by atoms with Crippen LogP contribution in [0.5, 0.6) is 17.2 Å². The Kier molecular flexibility index (Phi) is 9.07. The van der Waals surface area contributed by atoms with Gasteiger partial charge in [-0.15, -0.1) is 5.10 Å². The molecule has 37 heavy (non-hydrogen) atoms. The van der Waals surface area contributed by atoms with Crippen molar-refractivity contribution < 1.29 is 31.4 Å². The molecular formula is C26H34ClN6O4-. The minimum Gasteiger partial charge on any atom is -1.00 e. The number of rotatable bonds is 9. The van der Waals surface area contributed by atoms with Crippen molar-refractivity contribution in [3.05, 3.63) is 53.9 Å². The second kappa shape index (κ2) is 12.4. The van der Waals surface area contributed by atoms with Gasteiger partial charge < -0.3 is 36.3 Å². The maximum Gasteiger partial charge on any atom is 0.173 e. The molecule has 0 radical (unpaired) electrons. The molecule has 1 aromatic heterocycles. The highest BCUT2D eigenvalue weighted by atomic mass is 35.5. The molecule has 2 aliphatic heterocycles. The number of hydrogen-bond donors (Lipinski definition) is 0.